The second-order valence-electron chi connectivity index (χ2n) is 6.65. The van der Waals surface area contributed by atoms with Gasteiger partial charge in [0, 0.05) is 18.4 Å². The molecule has 0 amide bonds. The zero-order valence-electron chi connectivity index (χ0n) is 16.4. The molecule has 0 fully saturated rings. The quantitative estimate of drug-likeness (QED) is 0.578. The van der Waals surface area contributed by atoms with Crippen molar-refractivity contribution in [1.82, 2.24) is 9.78 Å². The first-order valence-corrected chi connectivity index (χ1v) is 9.79. The van der Waals surface area contributed by atoms with Crippen LogP contribution in [0.15, 0.2) is 42.7 Å². The molecule has 0 bridgehead atoms. The van der Waals surface area contributed by atoms with Crippen LogP contribution in [-0.2, 0) is 11.2 Å². The molecule has 2 N–H and O–H groups in total. The molecule has 4 nitrogen and oxygen atoms in total. The number of nitrogens with two attached hydrogens (primary N) is 1. The molecule has 0 aliphatic carbocycles. The maximum Gasteiger partial charge on any atom is 0.147 e. The van der Waals surface area contributed by atoms with E-state index < -0.39 is 5.82 Å². The maximum absolute atomic E-state index is 15.1. The molecule has 0 radical (unpaired) electrons. The van der Waals surface area contributed by atoms with Crippen molar-refractivity contribution in [1.29, 1.82) is 0 Å². The molecule has 3 rings (SSSR count). The van der Waals surface area contributed by atoms with Crippen LogP contribution in [0.25, 0.3) is 22.3 Å². The highest BCUT2D eigenvalue weighted by Crippen LogP contribution is 2.42. The molecule has 1 aromatic heterocycles. The van der Waals surface area contributed by atoms with Crippen LogP contribution in [0.1, 0.15) is 31.2 Å². The van der Waals surface area contributed by atoms with Crippen LogP contribution in [-0.4, -0.2) is 22.9 Å². The molecule has 0 saturated carbocycles. The number of hydrogen-bond acceptors (Lipinski definition) is 3. The number of ether oxygens (including phenoxy) is 1. The van der Waals surface area contributed by atoms with Crippen LogP contribution in [0.5, 0.6) is 0 Å². The van der Waals surface area contributed by atoms with E-state index in [0.717, 1.165) is 22.3 Å². The lowest BCUT2D eigenvalue weighted by atomic mass is 9.87. The van der Waals surface area contributed by atoms with E-state index in [2.05, 4.69) is 5.10 Å². The van der Waals surface area contributed by atoms with Crippen molar-refractivity contribution in [2.45, 2.75) is 33.4 Å². The summed E-state index contributed by atoms with van der Waals surface area (Å²) in [6, 6.07) is 9.76. The minimum absolute atomic E-state index is 0.128. The summed E-state index contributed by atoms with van der Waals surface area (Å²) in [5.74, 6) is -0.401. The highest BCUT2D eigenvalue weighted by molar-refractivity contribution is 6.32. The van der Waals surface area contributed by atoms with Crippen molar-refractivity contribution < 1.29 is 9.13 Å². The lowest BCUT2D eigenvalue weighted by Gasteiger charge is -2.20. The maximum atomic E-state index is 15.1. The Balaban J connectivity index is 2.28. The van der Waals surface area contributed by atoms with E-state index in [-0.39, 0.29) is 11.3 Å². The first kappa shape index (κ1) is 20.5. The molecule has 28 heavy (non-hydrogen) atoms. The van der Waals surface area contributed by atoms with Gasteiger partial charge in [-0.25, -0.2) is 9.07 Å². The van der Waals surface area contributed by atoms with E-state index in [0.29, 0.717) is 30.7 Å². The highest BCUT2D eigenvalue weighted by atomic mass is 35.5. The smallest absolute Gasteiger partial charge is 0.147 e. The van der Waals surface area contributed by atoms with Gasteiger partial charge in [-0.1, -0.05) is 41.9 Å². The third kappa shape index (κ3) is 3.83. The minimum atomic E-state index is -0.401. The molecular weight excluding hydrogens is 377 g/mol. The van der Waals surface area contributed by atoms with Gasteiger partial charge in [-0.3, -0.25) is 0 Å². The van der Waals surface area contributed by atoms with Crippen molar-refractivity contribution in [3.63, 3.8) is 0 Å². The second-order valence-corrected chi connectivity index (χ2v) is 7.03. The Morgan fingerprint density at radius 3 is 2.57 bits per heavy atom. The summed E-state index contributed by atoms with van der Waals surface area (Å²) >= 11 is 6.38. The van der Waals surface area contributed by atoms with Gasteiger partial charge >= 0.3 is 0 Å². The Labute approximate surface area is 170 Å². The van der Waals surface area contributed by atoms with Gasteiger partial charge in [0.1, 0.15) is 12.0 Å². The fourth-order valence-corrected chi connectivity index (χ4v) is 3.71. The lowest BCUT2D eigenvalue weighted by Crippen LogP contribution is -2.09. The summed E-state index contributed by atoms with van der Waals surface area (Å²) in [4.78, 5) is 0. The average Bonchev–Trinajstić information content (AvgIpc) is 3.19. The van der Waals surface area contributed by atoms with Crippen molar-refractivity contribution in [2.24, 2.45) is 5.73 Å². The molecule has 2 aromatic carbocycles. The van der Waals surface area contributed by atoms with Gasteiger partial charge in [0.2, 0.25) is 0 Å². The van der Waals surface area contributed by atoms with Gasteiger partial charge in [-0.05, 0) is 61.6 Å². The van der Waals surface area contributed by atoms with Crippen LogP contribution < -0.4 is 5.73 Å². The molecule has 1 unspecified atom stereocenters. The molecule has 3 aromatic rings. The summed E-state index contributed by atoms with van der Waals surface area (Å²) < 4.78 is 22.5. The fraction of sp³-hybridized carbons (Fsp3) is 0.318. The van der Waals surface area contributed by atoms with Gasteiger partial charge < -0.3 is 10.5 Å². The predicted octanol–water partition coefficient (Wildman–Crippen LogP) is 5.37. The van der Waals surface area contributed by atoms with Crippen LogP contribution in [0.3, 0.4) is 0 Å². The van der Waals surface area contributed by atoms with Gasteiger partial charge in [0.25, 0.3) is 0 Å². The molecule has 0 saturated heterocycles. The van der Waals surface area contributed by atoms with Crippen molar-refractivity contribution in [3.05, 3.63) is 64.7 Å². The minimum Gasteiger partial charge on any atom is -0.357 e. The molecular formula is C22H25ClFN3O. The zero-order valence-corrected chi connectivity index (χ0v) is 17.1. The SMILES string of the molecule is CCOC(C)n1cc(-c2c(C)c(Cl)c(F)c(CCN)c2-c2ccccc2)cn1. The van der Waals surface area contributed by atoms with Crippen molar-refractivity contribution >= 4 is 11.6 Å². The molecule has 1 atom stereocenters. The largest absolute Gasteiger partial charge is 0.357 e. The van der Waals surface area contributed by atoms with Gasteiger partial charge in [0.15, 0.2) is 0 Å². The number of aromatic nitrogens is 2. The van der Waals surface area contributed by atoms with Crippen LogP contribution >= 0.6 is 11.6 Å². The normalized spacial score (nSPS) is 12.4. The van der Waals surface area contributed by atoms with E-state index in [1.807, 2.05) is 57.3 Å². The number of hydrogen-bond donors (Lipinski definition) is 1. The van der Waals surface area contributed by atoms with E-state index in [4.69, 9.17) is 22.1 Å². The molecule has 0 aliphatic rings. The second kappa shape index (κ2) is 8.86. The highest BCUT2D eigenvalue weighted by Gasteiger charge is 2.24. The monoisotopic (exact) mass is 401 g/mol. The molecule has 148 valence electrons. The van der Waals surface area contributed by atoms with E-state index in [1.165, 1.54) is 0 Å². The topological polar surface area (TPSA) is 53.1 Å². The van der Waals surface area contributed by atoms with Gasteiger partial charge in [-0.15, -0.1) is 0 Å². The molecule has 6 heteroatoms. The van der Waals surface area contributed by atoms with Crippen molar-refractivity contribution in [2.75, 3.05) is 13.2 Å². The Morgan fingerprint density at radius 2 is 1.93 bits per heavy atom. The first-order valence-electron chi connectivity index (χ1n) is 9.41. The lowest BCUT2D eigenvalue weighted by molar-refractivity contribution is 0.0160. The summed E-state index contributed by atoms with van der Waals surface area (Å²) in [6.45, 7) is 6.63. The van der Waals surface area contributed by atoms with Crippen molar-refractivity contribution in [3.8, 4) is 22.3 Å². The Morgan fingerprint density at radius 1 is 1.21 bits per heavy atom. The summed E-state index contributed by atoms with van der Waals surface area (Å²) in [7, 11) is 0. The molecule has 0 aliphatic heterocycles. The van der Waals surface area contributed by atoms with Crippen LogP contribution in [0, 0.1) is 12.7 Å². The Kier molecular flexibility index (Phi) is 6.50. The standard InChI is InChI=1S/C22H25ClFN3O/c1-4-28-15(3)27-13-17(12-26-27)19-14(2)21(23)22(24)18(10-11-25)20(19)16-8-6-5-7-9-16/h5-9,12-13,15H,4,10-11,25H2,1-3H3. The summed E-state index contributed by atoms with van der Waals surface area (Å²) in [5.41, 5.74) is 10.5. The Bertz CT molecular complexity index is 956. The third-order valence-electron chi connectivity index (χ3n) is 4.84. The summed E-state index contributed by atoms with van der Waals surface area (Å²) in [6.07, 6.45) is 3.88. The third-order valence-corrected chi connectivity index (χ3v) is 5.29. The predicted molar refractivity (Wildman–Crippen MR) is 112 cm³/mol. The number of halogens is 2. The first-order chi connectivity index (χ1) is 13.5. The Hall–Kier alpha value is -2.21. The van der Waals surface area contributed by atoms with E-state index in [9.17, 15) is 0 Å². The van der Waals surface area contributed by atoms with E-state index in [1.54, 1.807) is 10.9 Å². The summed E-state index contributed by atoms with van der Waals surface area (Å²) in [5, 5.41) is 4.57. The number of rotatable bonds is 7. The molecule has 1 heterocycles. The van der Waals surface area contributed by atoms with Crippen LogP contribution in [0.4, 0.5) is 4.39 Å². The van der Waals surface area contributed by atoms with Gasteiger partial charge in [-0.2, -0.15) is 5.10 Å². The fourth-order valence-electron chi connectivity index (χ4n) is 3.50. The average molecular weight is 402 g/mol. The van der Waals surface area contributed by atoms with E-state index >= 15 is 4.39 Å². The number of benzene rings is 2. The molecule has 0 spiro atoms. The zero-order chi connectivity index (χ0) is 20.3. The van der Waals surface area contributed by atoms with Gasteiger partial charge in [0.05, 0.1) is 11.2 Å². The number of nitrogens with zero attached hydrogens (tertiary/aromatic N) is 2. The van der Waals surface area contributed by atoms with Crippen LogP contribution in [0.2, 0.25) is 5.02 Å².